The summed E-state index contributed by atoms with van der Waals surface area (Å²) in [6, 6.07) is 9.39. The Balaban J connectivity index is 1.46. The van der Waals surface area contributed by atoms with Crippen LogP contribution in [-0.4, -0.2) is 75.2 Å². The molecule has 3 rings (SSSR count). The molecule has 2 saturated heterocycles. The van der Waals surface area contributed by atoms with Gasteiger partial charge < -0.3 is 16.0 Å². The largest absolute Gasteiger partial charge is 0.315 e. The van der Waals surface area contributed by atoms with Crippen molar-refractivity contribution in [1.29, 1.82) is 0 Å². The second-order valence-electron chi connectivity index (χ2n) is 8.39. The Labute approximate surface area is 172 Å². The van der Waals surface area contributed by atoms with Gasteiger partial charge in [0.1, 0.15) is 0 Å². The average molecular weight is 388 g/mol. The first-order valence-electron chi connectivity index (χ1n) is 11.5. The van der Waals surface area contributed by atoms with Gasteiger partial charge in [-0.25, -0.2) is 0 Å². The highest BCUT2D eigenvalue weighted by atomic mass is 15.1. The van der Waals surface area contributed by atoms with Crippen molar-refractivity contribution < 1.29 is 0 Å². The summed E-state index contributed by atoms with van der Waals surface area (Å²) in [7, 11) is 0. The highest BCUT2D eigenvalue weighted by Gasteiger charge is 2.11. The summed E-state index contributed by atoms with van der Waals surface area (Å²) in [6.07, 6.45) is 6.57. The van der Waals surface area contributed by atoms with Gasteiger partial charge in [-0.05, 0) is 76.1 Å². The highest BCUT2D eigenvalue weighted by molar-refractivity contribution is 5.22. The van der Waals surface area contributed by atoms with E-state index in [2.05, 4.69) is 50.0 Å². The van der Waals surface area contributed by atoms with Gasteiger partial charge in [0.25, 0.3) is 0 Å². The summed E-state index contributed by atoms with van der Waals surface area (Å²) in [6.45, 7) is 13.6. The first kappa shape index (κ1) is 21.7. The molecule has 0 saturated carbocycles. The monoisotopic (exact) mass is 387 g/mol. The fourth-order valence-corrected chi connectivity index (χ4v) is 4.21. The summed E-state index contributed by atoms with van der Waals surface area (Å²) in [5.41, 5.74) is 2.91. The number of hydrogen-bond donors (Lipinski definition) is 3. The van der Waals surface area contributed by atoms with E-state index in [0.717, 1.165) is 65.4 Å². The minimum Gasteiger partial charge on any atom is -0.315 e. The van der Waals surface area contributed by atoms with Crippen molar-refractivity contribution in [1.82, 2.24) is 25.8 Å². The third-order valence-electron chi connectivity index (χ3n) is 5.90. The van der Waals surface area contributed by atoms with E-state index >= 15 is 0 Å². The number of piperidine rings is 1. The topological polar surface area (TPSA) is 42.6 Å². The third-order valence-corrected chi connectivity index (χ3v) is 5.90. The first-order valence-corrected chi connectivity index (χ1v) is 11.5. The van der Waals surface area contributed by atoms with Crippen LogP contribution in [0.1, 0.15) is 43.2 Å². The van der Waals surface area contributed by atoms with Gasteiger partial charge >= 0.3 is 0 Å². The smallest absolute Gasteiger partial charge is 0.0234 e. The maximum atomic E-state index is 3.61. The number of benzene rings is 1. The van der Waals surface area contributed by atoms with Gasteiger partial charge in [-0.3, -0.25) is 9.80 Å². The Morgan fingerprint density at radius 1 is 0.500 bits per heavy atom. The predicted octanol–water partition coefficient (Wildman–Crippen LogP) is 2.04. The molecule has 1 aromatic carbocycles. The van der Waals surface area contributed by atoms with Crippen LogP contribution in [0.4, 0.5) is 0 Å². The predicted molar refractivity (Wildman–Crippen MR) is 119 cm³/mol. The van der Waals surface area contributed by atoms with Crippen LogP contribution in [0, 0.1) is 0 Å². The summed E-state index contributed by atoms with van der Waals surface area (Å²) >= 11 is 0. The molecule has 28 heavy (non-hydrogen) atoms. The van der Waals surface area contributed by atoms with Gasteiger partial charge in [0, 0.05) is 39.3 Å². The van der Waals surface area contributed by atoms with Gasteiger partial charge in [-0.2, -0.15) is 0 Å². The van der Waals surface area contributed by atoms with E-state index in [9.17, 15) is 0 Å². The normalized spacial score (nSPS) is 22.6. The van der Waals surface area contributed by atoms with Crippen molar-refractivity contribution in [2.24, 2.45) is 0 Å². The van der Waals surface area contributed by atoms with Gasteiger partial charge in [0.15, 0.2) is 0 Å². The summed E-state index contributed by atoms with van der Waals surface area (Å²) < 4.78 is 0. The molecule has 0 unspecified atom stereocenters. The molecule has 2 heterocycles. The van der Waals surface area contributed by atoms with Crippen molar-refractivity contribution >= 4 is 0 Å². The van der Waals surface area contributed by atoms with Crippen LogP contribution in [0.15, 0.2) is 24.3 Å². The van der Waals surface area contributed by atoms with E-state index in [1.54, 1.807) is 0 Å². The Morgan fingerprint density at radius 3 is 1.64 bits per heavy atom. The Bertz CT molecular complexity index is 498. The van der Waals surface area contributed by atoms with Crippen molar-refractivity contribution in [3.8, 4) is 0 Å². The lowest BCUT2D eigenvalue weighted by Crippen LogP contribution is -2.36. The zero-order valence-corrected chi connectivity index (χ0v) is 17.7. The molecule has 0 spiro atoms. The molecule has 158 valence electrons. The molecule has 2 fully saturated rings. The van der Waals surface area contributed by atoms with E-state index < -0.39 is 0 Å². The maximum absolute atomic E-state index is 3.61. The summed E-state index contributed by atoms with van der Waals surface area (Å²) in [5.74, 6) is 0. The van der Waals surface area contributed by atoms with Crippen LogP contribution in [0.3, 0.4) is 0 Å². The van der Waals surface area contributed by atoms with Gasteiger partial charge in [0.05, 0.1) is 0 Å². The van der Waals surface area contributed by atoms with E-state index in [0.29, 0.717) is 0 Å². The molecule has 5 heteroatoms. The standard InChI is InChI=1S/C23H41N5/c1-2-16-27(17-3-1)20-22-6-8-23(9-7-22)21-28-18-5-12-25-14-13-24-10-4-11-26-15-19-28/h6-9,24-26H,1-5,10-21H2. The number of rotatable bonds is 4. The van der Waals surface area contributed by atoms with Crippen molar-refractivity contribution in [2.45, 2.75) is 45.2 Å². The quantitative estimate of drug-likeness (QED) is 0.738. The van der Waals surface area contributed by atoms with Crippen LogP contribution in [0.25, 0.3) is 0 Å². The highest BCUT2D eigenvalue weighted by Crippen LogP contribution is 2.14. The number of likely N-dealkylation sites (tertiary alicyclic amines) is 1. The van der Waals surface area contributed by atoms with E-state index in [1.807, 2.05) is 0 Å². The Morgan fingerprint density at radius 2 is 1.00 bits per heavy atom. The molecule has 0 atom stereocenters. The lowest BCUT2D eigenvalue weighted by Gasteiger charge is -2.26. The van der Waals surface area contributed by atoms with Crippen LogP contribution in [-0.2, 0) is 13.1 Å². The molecule has 3 N–H and O–H groups in total. The molecule has 0 amide bonds. The molecule has 5 nitrogen and oxygen atoms in total. The number of hydrogen-bond acceptors (Lipinski definition) is 5. The summed E-state index contributed by atoms with van der Waals surface area (Å²) in [4.78, 5) is 5.21. The third kappa shape index (κ3) is 8.58. The lowest BCUT2D eigenvalue weighted by atomic mass is 10.1. The summed E-state index contributed by atoms with van der Waals surface area (Å²) in [5, 5.41) is 10.7. The molecule has 0 bridgehead atoms. The second-order valence-corrected chi connectivity index (χ2v) is 8.39. The average Bonchev–Trinajstić information content (AvgIpc) is 2.73. The molecule has 1 aromatic rings. The zero-order chi connectivity index (χ0) is 19.3. The molecular weight excluding hydrogens is 346 g/mol. The molecule has 2 aliphatic rings. The van der Waals surface area contributed by atoms with Crippen molar-refractivity contribution in [3.05, 3.63) is 35.4 Å². The minimum absolute atomic E-state index is 1.06. The van der Waals surface area contributed by atoms with Gasteiger partial charge in [-0.15, -0.1) is 0 Å². The van der Waals surface area contributed by atoms with E-state index in [1.165, 1.54) is 56.3 Å². The Hall–Kier alpha value is -0.980. The first-order chi connectivity index (χ1) is 13.9. The molecule has 0 radical (unpaired) electrons. The van der Waals surface area contributed by atoms with Crippen molar-refractivity contribution in [2.75, 3.05) is 65.4 Å². The fourth-order valence-electron chi connectivity index (χ4n) is 4.21. The molecular formula is C23H41N5. The lowest BCUT2D eigenvalue weighted by molar-refractivity contribution is 0.221. The minimum atomic E-state index is 1.06. The van der Waals surface area contributed by atoms with Crippen LogP contribution in [0.2, 0.25) is 0 Å². The van der Waals surface area contributed by atoms with E-state index in [-0.39, 0.29) is 0 Å². The fraction of sp³-hybridized carbons (Fsp3) is 0.739. The van der Waals surface area contributed by atoms with Crippen molar-refractivity contribution in [3.63, 3.8) is 0 Å². The van der Waals surface area contributed by atoms with E-state index in [4.69, 9.17) is 0 Å². The molecule has 2 aliphatic heterocycles. The SMILES string of the molecule is c1cc(CN2CCCNCCNCCCNCC2)ccc1CN1CCCCC1. The maximum Gasteiger partial charge on any atom is 0.0234 e. The van der Waals surface area contributed by atoms with Crippen LogP contribution >= 0.6 is 0 Å². The van der Waals surface area contributed by atoms with Gasteiger partial charge in [0.2, 0.25) is 0 Å². The number of nitrogens with one attached hydrogen (secondary N) is 3. The van der Waals surface area contributed by atoms with Crippen LogP contribution in [0.5, 0.6) is 0 Å². The second kappa shape index (κ2) is 13.3. The Kier molecular flexibility index (Phi) is 10.3. The van der Waals surface area contributed by atoms with Crippen LogP contribution < -0.4 is 16.0 Å². The molecule has 0 aliphatic carbocycles. The zero-order valence-electron chi connectivity index (χ0n) is 17.7. The number of nitrogens with zero attached hydrogens (tertiary/aromatic N) is 2. The van der Waals surface area contributed by atoms with Gasteiger partial charge in [-0.1, -0.05) is 30.7 Å². The molecule has 0 aromatic heterocycles.